The summed E-state index contributed by atoms with van der Waals surface area (Å²) in [5, 5.41) is 11.0. The molecule has 2 aromatic heterocycles. The molecule has 0 aliphatic carbocycles. The molecule has 14 heteroatoms. The molecule has 0 N–H and O–H groups in total. The van der Waals surface area contributed by atoms with Crippen molar-refractivity contribution in [1.29, 1.82) is 5.26 Å². The first-order valence-corrected chi connectivity index (χ1v) is 18.8. The number of nitrogens with zero attached hydrogens (tertiary/aromatic N) is 8. The first-order chi connectivity index (χ1) is 26.3. The molecule has 2 aromatic carbocycles. The van der Waals surface area contributed by atoms with Gasteiger partial charge in [0.15, 0.2) is 5.82 Å². The number of carbonyl (C=O) groups is 1. The van der Waals surface area contributed by atoms with Crippen molar-refractivity contribution in [3.8, 4) is 23.3 Å². The minimum atomic E-state index is -0.954. The van der Waals surface area contributed by atoms with E-state index in [-0.39, 0.29) is 53.7 Å². The zero-order chi connectivity index (χ0) is 37.0. The third-order valence-electron chi connectivity index (χ3n) is 12.1. The van der Waals surface area contributed by atoms with Gasteiger partial charge in [0.1, 0.15) is 35.6 Å². The van der Waals surface area contributed by atoms with Crippen molar-refractivity contribution in [1.82, 2.24) is 29.7 Å². The normalized spacial score (nSPS) is 27.1. The number of benzene rings is 2. The number of amides is 1. The molecule has 280 valence electrons. The molecule has 2 unspecified atom stereocenters. The number of fused-ring (bicyclic) bond motifs is 5. The van der Waals surface area contributed by atoms with Gasteiger partial charge in [-0.15, -0.1) is 0 Å². The van der Waals surface area contributed by atoms with Gasteiger partial charge in [0, 0.05) is 74.5 Å². The van der Waals surface area contributed by atoms with E-state index >= 15 is 8.78 Å². The third kappa shape index (κ3) is 6.12. The van der Waals surface area contributed by atoms with Crippen molar-refractivity contribution in [2.75, 3.05) is 64.0 Å². The Kier molecular flexibility index (Phi) is 9.11. The Balaban J connectivity index is 1.04. The summed E-state index contributed by atoms with van der Waals surface area (Å²) < 4.78 is 58.5. The molecule has 0 spiro atoms. The standard InChI is InChI=1S/C40H41F3N8O3/c41-26-18-40(11-4-13-49(40)20-26)24-54-39-46-37-31(19-45-36(35(37)43)30-7-1-5-25-6-2-8-32(42)34(25)30)38(47-39)48-15-16-51(27(21-48)10-12-44)33(52)9-3-14-50-28-17-29(50)23-53-22-28/h1-3,5-9,19,26-29H,4,10-11,13-18,20-24H2/b9-3+/t26-,27+,28?,29?,40+/m1/s1. The Morgan fingerprint density at radius 3 is 2.74 bits per heavy atom. The first kappa shape index (κ1) is 34.9. The number of anilines is 1. The summed E-state index contributed by atoms with van der Waals surface area (Å²) in [5.41, 5.74) is -0.319. The summed E-state index contributed by atoms with van der Waals surface area (Å²) in [4.78, 5) is 35.5. The maximum atomic E-state index is 16.9. The fourth-order valence-corrected chi connectivity index (χ4v) is 9.35. The number of aromatic nitrogens is 3. The van der Waals surface area contributed by atoms with E-state index < -0.39 is 29.4 Å². The zero-order valence-corrected chi connectivity index (χ0v) is 29.8. The van der Waals surface area contributed by atoms with E-state index in [4.69, 9.17) is 14.5 Å². The Bertz CT molecular complexity index is 2160. The van der Waals surface area contributed by atoms with Gasteiger partial charge in [-0.2, -0.15) is 15.2 Å². The molecular weight excluding hydrogens is 697 g/mol. The van der Waals surface area contributed by atoms with Crippen LogP contribution in [0.15, 0.2) is 54.7 Å². The van der Waals surface area contributed by atoms with Crippen LogP contribution in [0.5, 0.6) is 6.01 Å². The number of piperazine rings is 1. The van der Waals surface area contributed by atoms with Gasteiger partial charge in [0.2, 0.25) is 5.91 Å². The number of hydrogen-bond acceptors (Lipinski definition) is 10. The molecule has 7 heterocycles. The van der Waals surface area contributed by atoms with Crippen molar-refractivity contribution < 1.29 is 27.4 Å². The molecule has 1 amide bonds. The average Bonchev–Trinajstić information content (AvgIpc) is 3.71. The third-order valence-corrected chi connectivity index (χ3v) is 12.1. The van der Waals surface area contributed by atoms with Crippen molar-refractivity contribution in [2.45, 2.75) is 61.9 Å². The van der Waals surface area contributed by atoms with E-state index in [9.17, 15) is 14.4 Å². The molecule has 5 saturated heterocycles. The minimum absolute atomic E-state index is 0.0525. The van der Waals surface area contributed by atoms with E-state index in [1.54, 1.807) is 41.3 Å². The van der Waals surface area contributed by atoms with Crippen LogP contribution < -0.4 is 9.64 Å². The Hall–Kier alpha value is -4.84. The Morgan fingerprint density at radius 2 is 1.93 bits per heavy atom. The van der Waals surface area contributed by atoms with Crippen LogP contribution in [0.3, 0.4) is 0 Å². The van der Waals surface area contributed by atoms with Gasteiger partial charge in [-0.05, 0) is 37.3 Å². The molecule has 5 atom stereocenters. The number of halogens is 3. The number of alkyl halides is 1. The van der Waals surface area contributed by atoms with E-state index in [2.05, 4.69) is 25.8 Å². The Labute approximate surface area is 311 Å². The topological polar surface area (TPSA) is 111 Å². The second-order valence-electron chi connectivity index (χ2n) is 15.2. The van der Waals surface area contributed by atoms with Crippen LogP contribution in [-0.2, 0) is 9.53 Å². The van der Waals surface area contributed by atoms with Crippen LogP contribution in [0.25, 0.3) is 32.9 Å². The maximum Gasteiger partial charge on any atom is 0.319 e. The number of morpholine rings is 1. The summed E-state index contributed by atoms with van der Waals surface area (Å²) in [6.07, 6.45) is 7.27. The number of ether oxygens (including phenoxy) is 2. The lowest BCUT2D eigenvalue weighted by Crippen LogP contribution is -2.63. The molecule has 11 nitrogen and oxygen atoms in total. The van der Waals surface area contributed by atoms with Crippen LogP contribution in [-0.4, -0.2) is 124 Å². The molecule has 5 fully saturated rings. The van der Waals surface area contributed by atoms with E-state index in [1.807, 2.05) is 11.0 Å². The molecule has 0 saturated carbocycles. The van der Waals surface area contributed by atoms with Crippen LogP contribution in [0.2, 0.25) is 0 Å². The van der Waals surface area contributed by atoms with Gasteiger partial charge in [0.25, 0.3) is 0 Å². The highest BCUT2D eigenvalue weighted by Gasteiger charge is 2.49. The molecule has 2 bridgehead atoms. The predicted octanol–water partition coefficient (Wildman–Crippen LogP) is 5.04. The molecule has 5 aliphatic heterocycles. The van der Waals surface area contributed by atoms with Crippen LogP contribution in [0.1, 0.15) is 32.1 Å². The zero-order valence-electron chi connectivity index (χ0n) is 29.8. The highest BCUT2D eigenvalue weighted by Crippen LogP contribution is 2.41. The monoisotopic (exact) mass is 738 g/mol. The number of pyridine rings is 1. The second kappa shape index (κ2) is 14.1. The van der Waals surface area contributed by atoms with Gasteiger partial charge >= 0.3 is 6.01 Å². The summed E-state index contributed by atoms with van der Waals surface area (Å²) in [6.45, 7) is 4.29. The van der Waals surface area contributed by atoms with Crippen LogP contribution in [0.4, 0.5) is 19.0 Å². The van der Waals surface area contributed by atoms with E-state index in [1.165, 1.54) is 12.3 Å². The fourth-order valence-electron chi connectivity index (χ4n) is 9.35. The molecule has 5 aliphatic rings. The number of carbonyl (C=O) groups excluding carboxylic acids is 1. The van der Waals surface area contributed by atoms with E-state index in [0.717, 1.165) is 39.0 Å². The summed E-state index contributed by atoms with van der Waals surface area (Å²) in [7, 11) is 0. The van der Waals surface area contributed by atoms with Gasteiger partial charge in [0.05, 0.1) is 42.7 Å². The lowest BCUT2D eigenvalue weighted by atomic mass is 9.91. The molecular formula is C40H41F3N8O3. The number of hydrogen-bond donors (Lipinski definition) is 0. The quantitative estimate of drug-likeness (QED) is 0.217. The maximum absolute atomic E-state index is 16.9. The van der Waals surface area contributed by atoms with Crippen molar-refractivity contribution in [3.05, 3.63) is 66.4 Å². The van der Waals surface area contributed by atoms with Crippen molar-refractivity contribution in [2.24, 2.45) is 0 Å². The molecule has 4 aromatic rings. The highest BCUT2D eigenvalue weighted by molar-refractivity contribution is 5.99. The van der Waals surface area contributed by atoms with Gasteiger partial charge in [-0.1, -0.05) is 36.4 Å². The largest absolute Gasteiger partial charge is 0.461 e. The summed E-state index contributed by atoms with van der Waals surface area (Å²) in [6, 6.07) is 12.3. The molecule has 9 rings (SSSR count). The molecule has 54 heavy (non-hydrogen) atoms. The highest BCUT2D eigenvalue weighted by atomic mass is 19.1. The lowest BCUT2D eigenvalue weighted by Gasteiger charge is -2.52. The van der Waals surface area contributed by atoms with E-state index in [0.29, 0.717) is 61.3 Å². The Morgan fingerprint density at radius 1 is 1.09 bits per heavy atom. The van der Waals surface area contributed by atoms with Crippen molar-refractivity contribution in [3.63, 3.8) is 0 Å². The molecule has 0 radical (unpaired) electrons. The van der Waals surface area contributed by atoms with Crippen LogP contribution >= 0.6 is 0 Å². The average molecular weight is 739 g/mol. The minimum Gasteiger partial charge on any atom is -0.461 e. The number of nitriles is 1. The smallest absolute Gasteiger partial charge is 0.319 e. The second-order valence-corrected chi connectivity index (χ2v) is 15.2. The summed E-state index contributed by atoms with van der Waals surface area (Å²) in [5.74, 6) is -1.07. The fraction of sp³-hybridized carbons (Fsp3) is 0.475. The first-order valence-electron chi connectivity index (χ1n) is 18.8. The van der Waals surface area contributed by atoms with Gasteiger partial charge in [-0.3, -0.25) is 19.6 Å². The van der Waals surface area contributed by atoms with Gasteiger partial charge < -0.3 is 19.3 Å². The van der Waals surface area contributed by atoms with Gasteiger partial charge in [-0.25, -0.2) is 13.2 Å². The predicted molar refractivity (Wildman–Crippen MR) is 196 cm³/mol. The number of rotatable bonds is 9. The van der Waals surface area contributed by atoms with Crippen molar-refractivity contribution >= 4 is 33.4 Å². The van der Waals surface area contributed by atoms with Crippen LogP contribution in [0, 0.1) is 23.0 Å². The SMILES string of the molecule is N#CC[C@H]1CN(c2nc(OC[C@@]34CCCN3C[C@H](F)C4)nc3c(F)c(-c4cccc5cccc(F)c45)ncc23)CCN1C(=O)/C=C/CN1C2COCC1C2. The lowest BCUT2D eigenvalue weighted by molar-refractivity contribution is -0.129. The summed E-state index contributed by atoms with van der Waals surface area (Å²) >= 11 is 0.